The number of thiazole rings is 1. The van der Waals surface area contributed by atoms with E-state index in [1.54, 1.807) is 18.3 Å². The molecular weight excluding hydrogens is 386 g/mol. The number of ether oxygens (including phenoxy) is 1. The number of fused-ring (bicyclic) bond motifs is 1. The van der Waals surface area contributed by atoms with E-state index in [2.05, 4.69) is 9.97 Å². The molecule has 1 aromatic carbocycles. The molecule has 0 aliphatic rings. The van der Waals surface area contributed by atoms with Gasteiger partial charge in [-0.15, -0.1) is 11.3 Å². The fourth-order valence-electron chi connectivity index (χ4n) is 3.55. The highest BCUT2D eigenvalue weighted by Crippen LogP contribution is 2.24. The van der Waals surface area contributed by atoms with E-state index in [1.165, 1.54) is 11.3 Å². The Balaban J connectivity index is 1.51. The number of Topliss-reactive ketones (excluding diaryl/α,β-unsaturated/α-hetero) is 1. The number of nitrogens with one attached hydrogen (secondary N) is 1. The van der Waals surface area contributed by atoms with E-state index in [0.717, 1.165) is 38.7 Å². The van der Waals surface area contributed by atoms with Crippen molar-refractivity contribution in [3.05, 3.63) is 69.6 Å². The molecule has 0 aliphatic heterocycles. The third-order valence-electron chi connectivity index (χ3n) is 5.22. The maximum atomic E-state index is 12.7. The second-order valence-corrected chi connectivity index (χ2v) is 7.94. The van der Waals surface area contributed by atoms with E-state index in [9.17, 15) is 9.59 Å². The molecule has 3 aromatic heterocycles. The molecule has 0 unspecified atom stereocenters. The van der Waals surface area contributed by atoms with Crippen LogP contribution in [0, 0.1) is 27.7 Å². The fourth-order valence-corrected chi connectivity index (χ4v) is 4.30. The number of benzene rings is 1. The highest BCUT2D eigenvalue weighted by molar-refractivity contribution is 7.12. The number of nitrogens with zero attached hydrogens (tertiary/aromatic N) is 2. The Morgan fingerprint density at radius 3 is 2.69 bits per heavy atom. The van der Waals surface area contributed by atoms with Crippen molar-refractivity contribution in [3.8, 4) is 5.13 Å². The van der Waals surface area contributed by atoms with Gasteiger partial charge in [0.1, 0.15) is 0 Å². The van der Waals surface area contributed by atoms with Gasteiger partial charge in [0.15, 0.2) is 11.7 Å². The number of esters is 1. The third kappa shape index (κ3) is 3.38. The molecule has 0 atom stereocenters. The molecule has 6 nitrogen and oxygen atoms in total. The summed E-state index contributed by atoms with van der Waals surface area (Å²) in [6.07, 6.45) is 1.73. The lowest BCUT2D eigenvalue weighted by Gasteiger charge is -2.07. The van der Waals surface area contributed by atoms with Gasteiger partial charge < -0.3 is 9.72 Å². The van der Waals surface area contributed by atoms with Crippen molar-refractivity contribution in [2.24, 2.45) is 0 Å². The molecule has 29 heavy (non-hydrogen) atoms. The SMILES string of the molecule is Cc1[nH]c2ccc(C(=O)OCC(=O)c3cc(C)n(-c4nccs4)c3C)cc2c1C. The standard InChI is InChI=1S/C22H21N3O3S/c1-12-9-18(15(4)25(12)22-23-7-8-29-22)20(26)11-28-21(27)16-5-6-19-17(10-16)13(2)14(3)24-19/h5-10,24H,11H2,1-4H3. The number of carbonyl (C=O) groups is 2. The molecule has 4 rings (SSSR count). The van der Waals surface area contributed by atoms with Gasteiger partial charge in [0, 0.05) is 45.1 Å². The van der Waals surface area contributed by atoms with Crippen molar-refractivity contribution >= 4 is 34.0 Å². The zero-order valence-corrected chi connectivity index (χ0v) is 17.5. The van der Waals surface area contributed by atoms with E-state index in [0.29, 0.717) is 11.1 Å². The van der Waals surface area contributed by atoms with Gasteiger partial charge in [-0.2, -0.15) is 0 Å². The Labute approximate surface area is 172 Å². The van der Waals surface area contributed by atoms with E-state index < -0.39 is 5.97 Å². The van der Waals surface area contributed by atoms with Gasteiger partial charge in [-0.1, -0.05) is 0 Å². The summed E-state index contributed by atoms with van der Waals surface area (Å²) in [5.41, 5.74) is 5.81. The number of aryl methyl sites for hydroxylation is 3. The summed E-state index contributed by atoms with van der Waals surface area (Å²) >= 11 is 1.50. The number of ketones is 1. The van der Waals surface area contributed by atoms with Crippen molar-refractivity contribution in [1.82, 2.24) is 14.5 Å². The first-order valence-corrected chi connectivity index (χ1v) is 10.1. The Morgan fingerprint density at radius 1 is 1.17 bits per heavy atom. The minimum Gasteiger partial charge on any atom is -0.454 e. The average molecular weight is 407 g/mol. The topological polar surface area (TPSA) is 77.0 Å². The first-order chi connectivity index (χ1) is 13.9. The van der Waals surface area contributed by atoms with Gasteiger partial charge in [0.2, 0.25) is 5.78 Å². The minimum atomic E-state index is -0.507. The largest absolute Gasteiger partial charge is 0.454 e. The number of aromatic amines is 1. The number of H-pyrrole nitrogens is 1. The highest BCUT2D eigenvalue weighted by atomic mass is 32.1. The molecule has 0 spiro atoms. The normalized spacial score (nSPS) is 11.2. The summed E-state index contributed by atoms with van der Waals surface area (Å²) < 4.78 is 7.25. The third-order valence-corrected chi connectivity index (χ3v) is 5.98. The molecule has 4 aromatic rings. The minimum absolute atomic E-state index is 0.232. The van der Waals surface area contributed by atoms with Crippen molar-refractivity contribution in [2.75, 3.05) is 6.61 Å². The monoisotopic (exact) mass is 407 g/mol. The molecule has 148 valence electrons. The summed E-state index contributed by atoms with van der Waals surface area (Å²) in [5, 5.41) is 3.68. The first-order valence-electron chi connectivity index (χ1n) is 9.25. The summed E-state index contributed by atoms with van der Waals surface area (Å²) in [6, 6.07) is 7.18. The second-order valence-electron chi connectivity index (χ2n) is 7.07. The quantitative estimate of drug-likeness (QED) is 0.385. The zero-order chi connectivity index (χ0) is 20.7. The van der Waals surface area contributed by atoms with Crippen molar-refractivity contribution in [2.45, 2.75) is 27.7 Å². The number of carbonyl (C=O) groups excluding carboxylic acids is 2. The smallest absolute Gasteiger partial charge is 0.338 e. The van der Waals surface area contributed by atoms with Crippen molar-refractivity contribution in [3.63, 3.8) is 0 Å². The number of hydrogen-bond donors (Lipinski definition) is 1. The van der Waals surface area contributed by atoms with Gasteiger partial charge >= 0.3 is 5.97 Å². The summed E-state index contributed by atoms with van der Waals surface area (Å²) in [6.45, 7) is 7.49. The Bertz CT molecular complexity index is 1230. The molecule has 0 amide bonds. The lowest BCUT2D eigenvalue weighted by molar-refractivity contribution is 0.0474. The predicted octanol–water partition coefficient (Wildman–Crippen LogP) is 4.69. The molecule has 0 aliphatic carbocycles. The van der Waals surface area contributed by atoms with Gasteiger partial charge in [-0.25, -0.2) is 9.78 Å². The molecule has 1 N–H and O–H groups in total. The van der Waals surface area contributed by atoms with Crippen LogP contribution in [0.4, 0.5) is 0 Å². The van der Waals surface area contributed by atoms with Crippen molar-refractivity contribution in [1.29, 1.82) is 0 Å². The highest BCUT2D eigenvalue weighted by Gasteiger charge is 2.20. The van der Waals surface area contributed by atoms with Gasteiger partial charge in [-0.05, 0) is 57.5 Å². The molecule has 0 fully saturated rings. The number of aromatic nitrogens is 3. The molecule has 0 saturated carbocycles. The summed E-state index contributed by atoms with van der Waals surface area (Å²) in [5.74, 6) is -0.740. The Morgan fingerprint density at radius 2 is 1.97 bits per heavy atom. The zero-order valence-electron chi connectivity index (χ0n) is 16.7. The van der Waals surface area contributed by atoms with Crippen molar-refractivity contribution < 1.29 is 14.3 Å². The van der Waals surface area contributed by atoms with Gasteiger partial charge in [-0.3, -0.25) is 9.36 Å². The molecule has 0 bridgehead atoms. The van der Waals surface area contributed by atoms with Crippen LogP contribution in [-0.2, 0) is 4.74 Å². The van der Waals surface area contributed by atoms with E-state index in [-0.39, 0.29) is 12.4 Å². The molecule has 0 radical (unpaired) electrons. The van der Waals surface area contributed by atoms with Gasteiger partial charge in [0.25, 0.3) is 0 Å². The molecular formula is C22H21N3O3S. The molecule has 7 heteroatoms. The van der Waals surface area contributed by atoms with Crippen LogP contribution in [-0.4, -0.2) is 32.9 Å². The Hall–Kier alpha value is -3.19. The van der Waals surface area contributed by atoms with Crippen LogP contribution in [0.2, 0.25) is 0 Å². The number of hydrogen-bond acceptors (Lipinski definition) is 5. The van der Waals surface area contributed by atoms with Crippen LogP contribution in [0.1, 0.15) is 43.4 Å². The lowest BCUT2D eigenvalue weighted by Crippen LogP contribution is -2.15. The maximum absolute atomic E-state index is 12.7. The van der Waals surface area contributed by atoms with Crippen LogP contribution >= 0.6 is 11.3 Å². The van der Waals surface area contributed by atoms with Crippen LogP contribution in [0.15, 0.2) is 35.8 Å². The molecule has 3 heterocycles. The first kappa shape index (κ1) is 19.1. The Kier molecular flexibility index (Phi) is 4.84. The van der Waals surface area contributed by atoms with Gasteiger partial charge in [0.05, 0.1) is 5.56 Å². The lowest BCUT2D eigenvalue weighted by atomic mass is 10.1. The van der Waals surface area contributed by atoms with Crippen LogP contribution < -0.4 is 0 Å². The van der Waals surface area contributed by atoms with Crippen LogP contribution in [0.3, 0.4) is 0 Å². The van der Waals surface area contributed by atoms with Crippen LogP contribution in [0.25, 0.3) is 16.0 Å². The van der Waals surface area contributed by atoms with E-state index in [4.69, 9.17) is 4.74 Å². The predicted molar refractivity (Wildman–Crippen MR) is 113 cm³/mol. The van der Waals surface area contributed by atoms with E-state index in [1.807, 2.05) is 49.8 Å². The summed E-state index contributed by atoms with van der Waals surface area (Å²) in [7, 11) is 0. The van der Waals surface area contributed by atoms with Crippen LogP contribution in [0.5, 0.6) is 0 Å². The summed E-state index contributed by atoms with van der Waals surface area (Å²) in [4.78, 5) is 32.8. The van der Waals surface area contributed by atoms with E-state index >= 15 is 0 Å². The average Bonchev–Trinajstić information content (AvgIpc) is 3.39. The maximum Gasteiger partial charge on any atom is 0.338 e. The molecule has 0 saturated heterocycles. The second kappa shape index (κ2) is 7.33. The fraction of sp³-hybridized carbons (Fsp3) is 0.227. The number of rotatable bonds is 5.